The standard InChI is InChI=1S/C12H12ClNO2/c1-2-3-4-8-14-10-7-5-6-9(13)11(10)12(15)16/h1,5-7,14H,3-4,8H2,(H,15,16). The van der Waals surface area contributed by atoms with E-state index in [-0.39, 0.29) is 10.6 Å². The van der Waals surface area contributed by atoms with Crippen molar-refractivity contribution in [2.75, 3.05) is 11.9 Å². The molecule has 0 saturated heterocycles. The molecule has 84 valence electrons. The maximum absolute atomic E-state index is 11.0. The number of carboxylic acid groups (broad SMARTS) is 1. The number of unbranched alkanes of at least 4 members (excludes halogenated alkanes) is 1. The summed E-state index contributed by atoms with van der Waals surface area (Å²) < 4.78 is 0. The Kier molecular flexibility index (Phi) is 4.68. The predicted molar refractivity (Wildman–Crippen MR) is 65.0 cm³/mol. The number of benzene rings is 1. The maximum atomic E-state index is 11.0. The Morgan fingerprint density at radius 3 is 2.94 bits per heavy atom. The van der Waals surface area contributed by atoms with E-state index in [4.69, 9.17) is 23.1 Å². The number of terminal acetylenes is 1. The van der Waals surface area contributed by atoms with Crippen LogP contribution in [-0.4, -0.2) is 17.6 Å². The van der Waals surface area contributed by atoms with E-state index < -0.39 is 5.97 Å². The van der Waals surface area contributed by atoms with E-state index in [1.165, 1.54) is 0 Å². The first-order chi connectivity index (χ1) is 7.66. The highest BCUT2D eigenvalue weighted by atomic mass is 35.5. The van der Waals surface area contributed by atoms with Gasteiger partial charge in [-0.2, -0.15) is 0 Å². The van der Waals surface area contributed by atoms with Gasteiger partial charge in [0.2, 0.25) is 0 Å². The molecule has 2 N–H and O–H groups in total. The largest absolute Gasteiger partial charge is 0.478 e. The van der Waals surface area contributed by atoms with Crippen molar-refractivity contribution in [3.63, 3.8) is 0 Å². The van der Waals surface area contributed by atoms with E-state index in [2.05, 4.69) is 11.2 Å². The van der Waals surface area contributed by atoms with Gasteiger partial charge in [-0.05, 0) is 18.6 Å². The number of halogens is 1. The molecule has 0 unspecified atom stereocenters. The summed E-state index contributed by atoms with van der Waals surface area (Å²) in [6.07, 6.45) is 6.57. The lowest BCUT2D eigenvalue weighted by Gasteiger charge is -2.09. The molecule has 0 radical (unpaired) electrons. The molecule has 0 heterocycles. The molecule has 3 nitrogen and oxygen atoms in total. The number of carbonyl (C=O) groups is 1. The van der Waals surface area contributed by atoms with Gasteiger partial charge in [0.05, 0.1) is 10.7 Å². The van der Waals surface area contributed by atoms with Crippen molar-refractivity contribution in [2.24, 2.45) is 0 Å². The minimum atomic E-state index is -1.04. The lowest BCUT2D eigenvalue weighted by Crippen LogP contribution is -2.08. The highest BCUT2D eigenvalue weighted by Crippen LogP contribution is 2.24. The second-order valence-electron chi connectivity index (χ2n) is 3.20. The van der Waals surface area contributed by atoms with Crippen molar-refractivity contribution in [2.45, 2.75) is 12.8 Å². The van der Waals surface area contributed by atoms with Gasteiger partial charge in [0.1, 0.15) is 5.56 Å². The SMILES string of the molecule is C#CCCCNc1cccc(Cl)c1C(=O)O. The van der Waals surface area contributed by atoms with Crippen LogP contribution in [0.5, 0.6) is 0 Å². The molecule has 0 bridgehead atoms. The van der Waals surface area contributed by atoms with E-state index in [0.717, 1.165) is 6.42 Å². The van der Waals surface area contributed by atoms with Gasteiger partial charge in [0.25, 0.3) is 0 Å². The van der Waals surface area contributed by atoms with E-state index in [1.807, 2.05) is 0 Å². The van der Waals surface area contributed by atoms with Crippen LogP contribution < -0.4 is 5.32 Å². The fraction of sp³-hybridized carbons (Fsp3) is 0.250. The summed E-state index contributed by atoms with van der Waals surface area (Å²) in [5.41, 5.74) is 0.627. The third-order valence-corrected chi connectivity index (χ3v) is 2.36. The summed E-state index contributed by atoms with van der Waals surface area (Å²) in [4.78, 5) is 11.0. The van der Waals surface area contributed by atoms with E-state index >= 15 is 0 Å². The van der Waals surface area contributed by atoms with Crippen molar-refractivity contribution < 1.29 is 9.90 Å². The van der Waals surface area contributed by atoms with Crippen molar-refractivity contribution in [1.82, 2.24) is 0 Å². The molecule has 0 aromatic heterocycles. The molecule has 1 aromatic carbocycles. The monoisotopic (exact) mass is 237 g/mol. The highest BCUT2D eigenvalue weighted by Gasteiger charge is 2.13. The second kappa shape index (κ2) is 6.04. The Hall–Kier alpha value is -1.66. The average molecular weight is 238 g/mol. The van der Waals surface area contributed by atoms with Gasteiger partial charge in [0.15, 0.2) is 0 Å². The zero-order valence-corrected chi connectivity index (χ0v) is 9.42. The molecule has 0 fully saturated rings. The van der Waals surface area contributed by atoms with Gasteiger partial charge in [-0.3, -0.25) is 0 Å². The molecular formula is C12H12ClNO2. The topological polar surface area (TPSA) is 49.3 Å². The third kappa shape index (κ3) is 3.18. The van der Waals surface area contributed by atoms with Crippen LogP contribution in [0.2, 0.25) is 5.02 Å². The zero-order valence-electron chi connectivity index (χ0n) is 8.66. The molecule has 1 rings (SSSR count). The fourth-order valence-corrected chi connectivity index (χ4v) is 1.56. The first-order valence-corrected chi connectivity index (χ1v) is 5.23. The van der Waals surface area contributed by atoms with Crippen LogP contribution >= 0.6 is 11.6 Å². The van der Waals surface area contributed by atoms with Crippen LogP contribution in [0.4, 0.5) is 5.69 Å². The van der Waals surface area contributed by atoms with Crippen molar-refractivity contribution in [3.8, 4) is 12.3 Å². The fourth-order valence-electron chi connectivity index (χ4n) is 1.30. The first kappa shape index (κ1) is 12.4. The number of hydrogen-bond donors (Lipinski definition) is 2. The average Bonchev–Trinajstić information content (AvgIpc) is 2.24. The van der Waals surface area contributed by atoms with Crippen molar-refractivity contribution in [1.29, 1.82) is 0 Å². The van der Waals surface area contributed by atoms with Crippen molar-refractivity contribution >= 4 is 23.3 Å². The Balaban J connectivity index is 2.76. The Morgan fingerprint density at radius 1 is 1.56 bits per heavy atom. The number of hydrogen-bond acceptors (Lipinski definition) is 2. The number of nitrogens with one attached hydrogen (secondary N) is 1. The van der Waals surface area contributed by atoms with Gasteiger partial charge in [-0.1, -0.05) is 17.7 Å². The Bertz CT molecular complexity index is 424. The number of rotatable bonds is 5. The molecule has 0 saturated carbocycles. The molecule has 16 heavy (non-hydrogen) atoms. The van der Waals surface area contributed by atoms with Crippen LogP contribution in [0, 0.1) is 12.3 Å². The maximum Gasteiger partial charge on any atom is 0.339 e. The van der Waals surface area contributed by atoms with Crippen LogP contribution in [0.3, 0.4) is 0 Å². The summed E-state index contributed by atoms with van der Waals surface area (Å²) in [6.45, 7) is 0.630. The van der Waals surface area contributed by atoms with Gasteiger partial charge in [0, 0.05) is 13.0 Å². The summed E-state index contributed by atoms with van der Waals surface area (Å²) in [5.74, 6) is 1.48. The normalized spacial score (nSPS) is 9.50. The number of anilines is 1. The van der Waals surface area contributed by atoms with E-state index in [0.29, 0.717) is 18.7 Å². The van der Waals surface area contributed by atoms with Gasteiger partial charge < -0.3 is 10.4 Å². The Labute approximate surface area is 99.4 Å². The molecule has 0 atom stereocenters. The van der Waals surface area contributed by atoms with Crippen molar-refractivity contribution in [3.05, 3.63) is 28.8 Å². The number of aromatic carboxylic acids is 1. The molecule has 0 spiro atoms. The summed E-state index contributed by atoms with van der Waals surface area (Å²) in [5, 5.41) is 12.2. The summed E-state index contributed by atoms with van der Waals surface area (Å²) in [6, 6.07) is 4.95. The van der Waals surface area contributed by atoms with Gasteiger partial charge >= 0.3 is 5.97 Å². The van der Waals surface area contributed by atoms with Crippen LogP contribution in [0.1, 0.15) is 23.2 Å². The zero-order chi connectivity index (χ0) is 12.0. The number of carboxylic acids is 1. The van der Waals surface area contributed by atoms with Gasteiger partial charge in [-0.15, -0.1) is 12.3 Å². The van der Waals surface area contributed by atoms with Crippen LogP contribution in [-0.2, 0) is 0 Å². The second-order valence-corrected chi connectivity index (χ2v) is 3.61. The van der Waals surface area contributed by atoms with Gasteiger partial charge in [-0.25, -0.2) is 4.79 Å². The van der Waals surface area contributed by atoms with E-state index in [9.17, 15) is 4.79 Å². The molecule has 0 aliphatic carbocycles. The lowest BCUT2D eigenvalue weighted by molar-refractivity contribution is 0.0698. The minimum Gasteiger partial charge on any atom is -0.478 e. The minimum absolute atomic E-state index is 0.102. The summed E-state index contributed by atoms with van der Waals surface area (Å²) >= 11 is 5.81. The molecule has 0 aliphatic rings. The molecular weight excluding hydrogens is 226 g/mol. The highest BCUT2D eigenvalue weighted by molar-refractivity contribution is 6.34. The quantitative estimate of drug-likeness (QED) is 0.612. The molecule has 0 amide bonds. The predicted octanol–water partition coefficient (Wildman–Crippen LogP) is 2.86. The lowest BCUT2D eigenvalue weighted by atomic mass is 10.1. The molecule has 4 heteroatoms. The molecule has 0 aliphatic heterocycles. The van der Waals surface area contributed by atoms with E-state index in [1.54, 1.807) is 18.2 Å². The molecule has 1 aromatic rings. The smallest absolute Gasteiger partial charge is 0.339 e. The van der Waals surface area contributed by atoms with Crippen LogP contribution in [0.15, 0.2) is 18.2 Å². The summed E-state index contributed by atoms with van der Waals surface area (Å²) in [7, 11) is 0. The first-order valence-electron chi connectivity index (χ1n) is 4.86. The third-order valence-electron chi connectivity index (χ3n) is 2.04. The Morgan fingerprint density at radius 2 is 2.31 bits per heavy atom. The van der Waals surface area contributed by atoms with Crippen LogP contribution in [0.25, 0.3) is 0 Å².